The number of nitrogens with zero attached hydrogens (tertiary/aromatic N) is 1. The highest BCUT2D eigenvalue weighted by atomic mass is 19.1. The van der Waals surface area contributed by atoms with Gasteiger partial charge in [-0.2, -0.15) is 0 Å². The van der Waals surface area contributed by atoms with Gasteiger partial charge in [-0.25, -0.2) is 13.2 Å². The van der Waals surface area contributed by atoms with E-state index >= 15 is 0 Å². The molecule has 1 heterocycles. The number of primary amides is 1. The fourth-order valence-corrected chi connectivity index (χ4v) is 4.30. The van der Waals surface area contributed by atoms with Crippen LogP contribution in [-0.2, 0) is 11.2 Å². The molecule has 1 aromatic heterocycles. The molecule has 4 rings (SSSR count). The lowest BCUT2D eigenvalue weighted by molar-refractivity contribution is -0.124. The number of hydrogen-bond acceptors (Lipinski definition) is 4. The first-order valence-electron chi connectivity index (χ1n) is 11.7. The Morgan fingerprint density at radius 1 is 0.921 bits per heavy atom. The Labute approximate surface area is 217 Å². The number of aromatic nitrogens is 1. The van der Waals surface area contributed by atoms with E-state index in [9.17, 15) is 27.9 Å². The van der Waals surface area contributed by atoms with Gasteiger partial charge in [0, 0.05) is 17.8 Å². The molecule has 9 heteroatoms. The lowest BCUT2D eigenvalue weighted by Crippen LogP contribution is -2.36. The average molecular weight is 520 g/mol. The van der Waals surface area contributed by atoms with Gasteiger partial charge >= 0.3 is 0 Å². The largest absolute Gasteiger partial charge is 0.395 e. The molecule has 194 valence electrons. The van der Waals surface area contributed by atoms with Crippen molar-refractivity contribution in [1.29, 1.82) is 0 Å². The minimum atomic E-state index is -0.955. The third-order valence-electron chi connectivity index (χ3n) is 6.09. The molecule has 0 spiro atoms. The van der Waals surface area contributed by atoms with E-state index in [-0.39, 0.29) is 17.5 Å². The molecular weight excluding hydrogens is 495 g/mol. The Kier molecular flexibility index (Phi) is 8.18. The standard InChI is InChI=1S/C29H24F3N3O3/c30-20-11-17(12-21(31)15-20)13-26(35-29(38)24(16-36)18-5-2-1-3-6-18)27-22(7-4-10-34-27)19-8-9-25(32)23(14-19)28(33)37/h1-12,14-15,24,26,36H,13,16H2,(H2,33,37)(H,35,38)/t24?,26-/m0/s1. The molecule has 6 nitrogen and oxygen atoms in total. The smallest absolute Gasteiger partial charge is 0.251 e. The number of aliphatic hydroxyl groups is 1. The van der Waals surface area contributed by atoms with Crippen molar-refractivity contribution in [2.75, 3.05) is 6.61 Å². The van der Waals surface area contributed by atoms with Crippen LogP contribution in [0.2, 0.25) is 0 Å². The van der Waals surface area contributed by atoms with Gasteiger partial charge in [-0.3, -0.25) is 14.6 Å². The summed E-state index contributed by atoms with van der Waals surface area (Å²) < 4.78 is 42.1. The van der Waals surface area contributed by atoms with E-state index in [1.54, 1.807) is 42.5 Å². The van der Waals surface area contributed by atoms with Crippen LogP contribution < -0.4 is 11.1 Å². The van der Waals surface area contributed by atoms with Gasteiger partial charge in [0.05, 0.1) is 29.8 Å². The molecule has 0 fully saturated rings. The summed E-state index contributed by atoms with van der Waals surface area (Å²) in [6, 6.07) is 17.9. The van der Waals surface area contributed by atoms with E-state index in [0.717, 1.165) is 24.3 Å². The van der Waals surface area contributed by atoms with Crippen molar-refractivity contribution in [2.24, 2.45) is 5.73 Å². The lowest BCUT2D eigenvalue weighted by Gasteiger charge is -2.24. The number of nitrogens with one attached hydrogen (secondary N) is 1. The highest BCUT2D eigenvalue weighted by molar-refractivity contribution is 5.94. The van der Waals surface area contributed by atoms with E-state index < -0.39 is 47.8 Å². The Hall–Kier alpha value is -4.50. The first kappa shape index (κ1) is 26.6. The maximum Gasteiger partial charge on any atom is 0.251 e. The normalized spacial score (nSPS) is 12.5. The van der Waals surface area contributed by atoms with Crippen LogP contribution in [0, 0.1) is 17.5 Å². The topological polar surface area (TPSA) is 105 Å². The van der Waals surface area contributed by atoms with Crippen molar-refractivity contribution in [1.82, 2.24) is 10.3 Å². The number of hydrogen-bond donors (Lipinski definition) is 3. The molecule has 2 atom stereocenters. The van der Waals surface area contributed by atoms with Crippen molar-refractivity contribution >= 4 is 11.8 Å². The third kappa shape index (κ3) is 6.07. The van der Waals surface area contributed by atoms with Gasteiger partial charge in [0.15, 0.2) is 0 Å². The van der Waals surface area contributed by atoms with Crippen molar-refractivity contribution in [2.45, 2.75) is 18.4 Å². The van der Waals surface area contributed by atoms with E-state index in [0.29, 0.717) is 22.4 Å². The van der Waals surface area contributed by atoms with Crippen LogP contribution in [0.5, 0.6) is 0 Å². The van der Waals surface area contributed by atoms with E-state index in [4.69, 9.17) is 5.73 Å². The monoisotopic (exact) mass is 519 g/mol. The Balaban J connectivity index is 1.78. The van der Waals surface area contributed by atoms with E-state index in [1.165, 1.54) is 18.3 Å². The van der Waals surface area contributed by atoms with Crippen molar-refractivity contribution in [3.05, 3.63) is 125 Å². The summed E-state index contributed by atoms with van der Waals surface area (Å²) in [5, 5.41) is 12.8. The van der Waals surface area contributed by atoms with Crippen LogP contribution in [0.3, 0.4) is 0 Å². The molecule has 0 bridgehead atoms. The van der Waals surface area contributed by atoms with Crippen LogP contribution in [0.1, 0.15) is 39.1 Å². The van der Waals surface area contributed by atoms with Crippen LogP contribution >= 0.6 is 0 Å². The third-order valence-corrected chi connectivity index (χ3v) is 6.09. The number of carbonyl (C=O) groups is 2. The highest BCUT2D eigenvalue weighted by Gasteiger charge is 2.26. The van der Waals surface area contributed by atoms with Gasteiger partial charge in [-0.1, -0.05) is 42.5 Å². The van der Waals surface area contributed by atoms with E-state index in [1.807, 2.05) is 0 Å². The molecule has 4 aromatic rings. The second-order valence-corrected chi connectivity index (χ2v) is 8.68. The number of amides is 2. The predicted octanol–water partition coefficient (Wildman–Crippen LogP) is 4.44. The molecular formula is C29H24F3N3O3. The number of nitrogens with two attached hydrogens (primary N) is 1. The SMILES string of the molecule is NC(=O)c1cc(-c2cccnc2[C@H](Cc2cc(F)cc(F)c2)NC(=O)C(CO)c2ccccc2)ccc1F. The molecule has 0 aliphatic rings. The van der Waals surface area contributed by atoms with Crippen LogP contribution in [0.4, 0.5) is 13.2 Å². The summed E-state index contributed by atoms with van der Waals surface area (Å²) in [5.74, 6) is -4.76. The molecule has 0 aliphatic heterocycles. The number of pyridine rings is 1. The number of benzene rings is 3. The van der Waals surface area contributed by atoms with E-state index in [2.05, 4.69) is 10.3 Å². The van der Waals surface area contributed by atoms with Crippen molar-refractivity contribution in [3.8, 4) is 11.1 Å². The van der Waals surface area contributed by atoms with Gasteiger partial charge < -0.3 is 16.2 Å². The predicted molar refractivity (Wildman–Crippen MR) is 135 cm³/mol. The molecule has 4 N–H and O–H groups in total. The minimum absolute atomic E-state index is 0.0543. The Morgan fingerprint density at radius 2 is 1.63 bits per heavy atom. The summed E-state index contributed by atoms with van der Waals surface area (Å²) in [6.07, 6.45) is 1.42. The molecule has 3 aromatic carbocycles. The second-order valence-electron chi connectivity index (χ2n) is 8.68. The van der Waals surface area contributed by atoms with Gasteiger partial charge in [-0.15, -0.1) is 0 Å². The lowest BCUT2D eigenvalue weighted by atomic mass is 9.93. The number of halogens is 3. The number of rotatable bonds is 9. The van der Waals surface area contributed by atoms with Crippen LogP contribution in [0.15, 0.2) is 85.1 Å². The Bertz CT molecular complexity index is 1440. The number of aliphatic hydroxyl groups excluding tert-OH is 1. The maximum absolute atomic E-state index is 14.2. The molecule has 0 saturated carbocycles. The van der Waals surface area contributed by atoms with Gasteiger partial charge in [-0.05, 0) is 53.4 Å². The van der Waals surface area contributed by atoms with Gasteiger partial charge in [0.1, 0.15) is 17.5 Å². The molecule has 0 aliphatic carbocycles. The zero-order chi connectivity index (χ0) is 27.2. The Morgan fingerprint density at radius 3 is 2.29 bits per heavy atom. The zero-order valence-corrected chi connectivity index (χ0v) is 20.1. The van der Waals surface area contributed by atoms with Crippen molar-refractivity contribution < 1.29 is 27.9 Å². The molecule has 1 unspecified atom stereocenters. The maximum atomic E-state index is 14.2. The fourth-order valence-electron chi connectivity index (χ4n) is 4.30. The fraction of sp³-hybridized carbons (Fsp3) is 0.138. The summed E-state index contributed by atoms with van der Waals surface area (Å²) in [6.45, 7) is -0.480. The van der Waals surface area contributed by atoms with Gasteiger partial charge in [0.2, 0.25) is 5.91 Å². The summed E-state index contributed by atoms with van der Waals surface area (Å²) in [5.41, 5.74) is 6.96. The molecule has 0 radical (unpaired) electrons. The van der Waals surface area contributed by atoms with Crippen molar-refractivity contribution in [3.63, 3.8) is 0 Å². The molecule has 2 amide bonds. The summed E-state index contributed by atoms with van der Waals surface area (Å²) in [7, 11) is 0. The average Bonchev–Trinajstić information content (AvgIpc) is 2.89. The van der Waals surface area contributed by atoms with Crippen LogP contribution in [-0.4, -0.2) is 28.5 Å². The summed E-state index contributed by atoms with van der Waals surface area (Å²) >= 11 is 0. The van der Waals surface area contributed by atoms with Crippen LogP contribution in [0.25, 0.3) is 11.1 Å². The first-order chi connectivity index (χ1) is 18.3. The molecule has 38 heavy (non-hydrogen) atoms. The second kappa shape index (κ2) is 11.7. The first-order valence-corrected chi connectivity index (χ1v) is 11.7. The highest BCUT2D eigenvalue weighted by Crippen LogP contribution is 2.31. The summed E-state index contributed by atoms with van der Waals surface area (Å²) in [4.78, 5) is 29.5. The minimum Gasteiger partial charge on any atom is -0.395 e. The zero-order valence-electron chi connectivity index (χ0n) is 20.1. The number of carbonyl (C=O) groups excluding carboxylic acids is 2. The molecule has 0 saturated heterocycles. The van der Waals surface area contributed by atoms with Gasteiger partial charge in [0.25, 0.3) is 5.91 Å². The quantitative estimate of drug-likeness (QED) is 0.304.